The first-order chi connectivity index (χ1) is 9.84. The van der Waals surface area contributed by atoms with Crippen LogP contribution in [-0.4, -0.2) is 15.8 Å². The van der Waals surface area contributed by atoms with E-state index >= 15 is 0 Å². The first-order valence-corrected chi connectivity index (χ1v) is 7.76. The summed E-state index contributed by atoms with van der Waals surface area (Å²) in [6.45, 7) is 0. The maximum atomic E-state index is 5.38. The highest BCUT2D eigenvalue weighted by atomic mass is 32.2. The SMILES string of the molecule is S=C(NCSc1c[nH]c2ccccc12)c1ccccc1. The first-order valence-electron chi connectivity index (χ1n) is 6.37. The summed E-state index contributed by atoms with van der Waals surface area (Å²) in [5.74, 6) is 0.759. The van der Waals surface area contributed by atoms with Crippen molar-refractivity contribution in [2.24, 2.45) is 0 Å². The summed E-state index contributed by atoms with van der Waals surface area (Å²) >= 11 is 7.13. The molecule has 2 N–H and O–H groups in total. The largest absolute Gasteiger partial charge is 0.366 e. The van der Waals surface area contributed by atoms with Crippen molar-refractivity contribution >= 4 is 39.9 Å². The van der Waals surface area contributed by atoms with Gasteiger partial charge in [-0.1, -0.05) is 60.7 Å². The van der Waals surface area contributed by atoms with Gasteiger partial charge in [-0.15, -0.1) is 11.8 Å². The molecule has 0 bridgehead atoms. The van der Waals surface area contributed by atoms with Gasteiger partial charge < -0.3 is 10.3 Å². The number of aromatic nitrogens is 1. The molecule has 0 spiro atoms. The maximum absolute atomic E-state index is 5.38. The molecule has 0 saturated heterocycles. The fourth-order valence-corrected chi connectivity index (χ4v) is 3.18. The van der Waals surface area contributed by atoms with Crippen molar-refractivity contribution in [3.63, 3.8) is 0 Å². The van der Waals surface area contributed by atoms with Crippen LogP contribution in [0.3, 0.4) is 0 Å². The Labute approximate surface area is 127 Å². The summed E-state index contributed by atoms with van der Waals surface area (Å²) in [5, 5.41) is 4.54. The minimum absolute atomic E-state index is 0.759. The summed E-state index contributed by atoms with van der Waals surface area (Å²) in [7, 11) is 0. The van der Waals surface area contributed by atoms with Gasteiger partial charge in [-0.3, -0.25) is 0 Å². The average Bonchev–Trinajstić information content (AvgIpc) is 2.92. The van der Waals surface area contributed by atoms with Crippen LogP contribution in [0.15, 0.2) is 65.7 Å². The number of hydrogen-bond donors (Lipinski definition) is 2. The summed E-state index contributed by atoms with van der Waals surface area (Å²) in [6.07, 6.45) is 2.04. The number of nitrogens with one attached hydrogen (secondary N) is 2. The molecular formula is C16H14N2S2. The lowest BCUT2D eigenvalue weighted by molar-refractivity contribution is 1.15. The second kappa shape index (κ2) is 6.11. The van der Waals surface area contributed by atoms with Crippen LogP contribution in [0.5, 0.6) is 0 Å². The Balaban J connectivity index is 1.62. The summed E-state index contributed by atoms with van der Waals surface area (Å²) < 4.78 is 0. The Morgan fingerprint density at radius 2 is 1.80 bits per heavy atom. The highest BCUT2D eigenvalue weighted by molar-refractivity contribution is 7.99. The third kappa shape index (κ3) is 2.86. The molecule has 0 aliphatic heterocycles. The zero-order chi connectivity index (χ0) is 13.8. The fraction of sp³-hybridized carbons (Fsp3) is 0.0625. The molecule has 20 heavy (non-hydrogen) atoms. The topological polar surface area (TPSA) is 27.8 Å². The molecule has 0 unspecified atom stereocenters. The second-order valence-electron chi connectivity index (χ2n) is 4.36. The molecule has 1 aromatic heterocycles. The van der Waals surface area contributed by atoms with E-state index in [1.54, 1.807) is 11.8 Å². The van der Waals surface area contributed by atoms with Crippen molar-refractivity contribution in [1.29, 1.82) is 0 Å². The molecular weight excluding hydrogens is 284 g/mol. The number of hydrogen-bond acceptors (Lipinski definition) is 2. The molecule has 3 aromatic rings. The lowest BCUT2D eigenvalue weighted by Crippen LogP contribution is -2.21. The highest BCUT2D eigenvalue weighted by Gasteiger charge is 2.04. The van der Waals surface area contributed by atoms with E-state index in [2.05, 4.69) is 28.5 Å². The Morgan fingerprint density at radius 3 is 2.65 bits per heavy atom. The predicted molar refractivity (Wildman–Crippen MR) is 90.3 cm³/mol. The third-order valence-electron chi connectivity index (χ3n) is 3.05. The van der Waals surface area contributed by atoms with Crippen LogP contribution in [-0.2, 0) is 0 Å². The smallest absolute Gasteiger partial charge is 0.107 e. The van der Waals surface area contributed by atoms with E-state index in [0.29, 0.717) is 0 Å². The average molecular weight is 298 g/mol. The van der Waals surface area contributed by atoms with Crippen molar-refractivity contribution in [3.8, 4) is 0 Å². The Kier molecular flexibility index (Phi) is 4.04. The fourth-order valence-electron chi connectivity index (χ4n) is 2.04. The molecule has 3 rings (SSSR count). The van der Waals surface area contributed by atoms with Crippen molar-refractivity contribution in [1.82, 2.24) is 10.3 Å². The van der Waals surface area contributed by atoms with Crippen LogP contribution in [0.4, 0.5) is 0 Å². The Bertz CT molecular complexity index is 719. The molecule has 0 radical (unpaired) electrons. The third-order valence-corrected chi connectivity index (χ3v) is 4.37. The monoisotopic (exact) mass is 298 g/mol. The lowest BCUT2D eigenvalue weighted by atomic mass is 10.2. The zero-order valence-corrected chi connectivity index (χ0v) is 12.4. The van der Waals surface area contributed by atoms with E-state index in [1.165, 1.54) is 15.8 Å². The minimum atomic E-state index is 0.759. The van der Waals surface area contributed by atoms with Gasteiger partial charge >= 0.3 is 0 Å². The number of benzene rings is 2. The van der Waals surface area contributed by atoms with Gasteiger partial charge in [0.05, 0.1) is 5.88 Å². The lowest BCUT2D eigenvalue weighted by Gasteiger charge is -2.07. The van der Waals surface area contributed by atoms with Gasteiger partial charge in [-0.25, -0.2) is 0 Å². The van der Waals surface area contributed by atoms with E-state index < -0.39 is 0 Å². The molecule has 100 valence electrons. The number of H-pyrrole nitrogens is 1. The van der Waals surface area contributed by atoms with E-state index in [1.807, 2.05) is 42.6 Å². The summed E-state index contributed by atoms with van der Waals surface area (Å²) in [5.41, 5.74) is 2.22. The zero-order valence-electron chi connectivity index (χ0n) is 10.8. The van der Waals surface area contributed by atoms with Crippen molar-refractivity contribution < 1.29 is 0 Å². The van der Waals surface area contributed by atoms with Gasteiger partial charge in [0.25, 0.3) is 0 Å². The van der Waals surface area contributed by atoms with E-state index in [-0.39, 0.29) is 0 Å². The number of fused-ring (bicyclic) bond motifs is 1. The minimum Gasteiger partial charge on any atom is -0.366 e. The highest BCUT2D eigenvalue weighted by Crippen LogP contribution is 2.26. The Hall–Kier alpha value is -1.78. The van der Waals surface area contributed by atoms with Gasteiger partial charge in [0.1, 0.15) is 4.99 Å². The molecule has 0 saturated carbocycles. The van der Waals surface area contributed by atoms with Crippen LogP contribution >= 0.6 is 24.0 Å². The molecule has 2 aromatic carbocycles. The standard InChI is InChI=1S/C16H14N2S2/c19-16(12-6-2-1-3-7-12)18-11-20-15-10-17-14-9-5-4-8-13(14)15/h1-10,17H,11H2,(H,18,19). The van der Waals surface area contributed by atoms with E-state index in [9.17, 15) is 0 Å². The van der Waals surface area contributed by atoms with Gasteiger partial charge in [0, 0.05) is 27.6 Å². The molecule has 4 heteroatoms. The van der Waals surface area contributed by atoms with Gasteiger partial charge in [0.2, 0.25) is 0 Å². The molecule has 1 heterocycles. The number of para-hydroxylation sites is 1. The second-order valence-corrected chi connectivity index (χ2v) is 5.78. The molecule has 0 aliphatic rings. The van der Waals surface area contributed by atoms with E-state index in [0.717, 1.165) is 16.4 Å². The van der Waals surface area contributed by atoms with Crippen LogP contribution in [0.25, 0.3) is 10.9 Å². The van der Waals surface area contributed by atoms with Crippen LogP contribution < -0.4 is 5.32 Å². The van der Waals surface area contributed by atoms with Crippen LogP contribution in [0, 0.1) is 0 Å². The summed E-state index contributed by atoms with van der Waals surface area (Å²) in [6, 6.07) is 18.3. The van der Waals surface area contributed by atoms with E-state index in [4.69, 9.17) is 12.2 Å². The molecule has 0 amide bonds. The van der Waals surface area contributed by atoms with Crippen LogP contribution in [0.2, 0.25) is 0 Å². The molecule has 0 aliphatic carbocycles. The van der Waals surface area contributed by atoms with Crippen molar-refractivity contribution in [2.45, 2.75) is 4.90 Å². The number of thioether (sulfide) groups is 1. The summed E-state index contributed by atoms with van der Waals surface area (Å²) in [4.78, 5) is 5.31. The van der Waals surface area contributed by atoms with Crippen LogP contribution in [0.1, 0.15) is 5.56 Å². The number of aromatic amines is 1. The quantitative estimate of drug-likeness (QED) is 0.430. The normalized spacial score (nSPS) is 10.6. The number of thiocarbonyl (C=S) groups is 1. The molecule has 0 atom stereocenters. The van der Waals surface area contributed by atoms with Crippen molar-refractivity contribution in [2.75, 3.05) is 5.88 Å². The first kappa shape index (κ1) is 13.2. The molecule has 0 fully saturated rings. The van der Waals surface area contributed by atoms with Gasteiger partial charge in [-0.2, -0.15) is 0 Å². The predicted octanol–water partition coefficient (Wildman–Crippen LogP) is 4.18. The molecule has 2 nitrogen and oxygen atoms in total. The van der Waals surface area contributed by atoms with Crippen molar-refractivity contribution in [3.05, 3.63) is 66.4 Å². The van der Waals surface area contributed by atoms with Gasteiger partial charge in [-0.05, 0) is 6.07 Å². The number of rotatable bonds is 4. The Morgan fingerprint density at radius 1 is 1.05 bits per heavy atom. The maximum Gasteiger partial charge on any atom is 0.107 e. The van der Waals surface area contributed by atoms with Gasteiger partial charge in [0.15, 0.2) is 0 Å².